The van der Waals surface area contributed by atoms with Gasteiger partial charge in [-0.3, -0.25) is 4.79 Å². The molecule has 0 aliphatic heterocycles. The molecule has 0 aromatic rings. The van der Waals surface area contributed by atoms with E-state index in [1.54, 1.807) is 18.9 Å². The van der Waals surface area contributed by atoms with Gasteiger partial charge in [0.15, 0.2) is 0 Å². The molecule has 0 bridgehead atoms. The van der Waals surface area contributed by atoms with Crippen LogP contribution in [0.3, 0.4) is 0 Å². The Hall–Kier alpha value is -1.52. The van der Waals surface area contributed by atoms with Crippen molar-refractivity contribution < 1.29 is 19.1 Å². The van der Waals surface area contributed by atoms with Crippen LogP contribution in [0.2, 0.25) is 0 Å². The second-order valence-corrected chi connectivity index (χ2v) is 3.06. The first kappa shape index (κ1) is 13.5. The Labute approximate surface area is 89.6 Å². The van der Waals surface area contributed by atoms with E-state index in [0.717, 1.165) is 5.70 Å². The van der Waals surface area contributed by atoms with E-state index >= 15 is 0 Å². The number of allylic oxidation sites excluding steroid dienone is 1. The van der Waals surface area contributed by atoms with Crippen molar-refractivity contribution in [3.05, 3.63) is 11.8 Å². The fraction of sp³-hybridized carbons (Fsp3) is 0.600. The van der Waals surface area contributed by atoms with E-state index in [1.807, 2.05) is 0 Å². The quantitative estimate of drug-likeness (QED) is 0.495. The van der Waals surface area contributed by atoms with Crippen LogP contribution in [0, 0.1) is 0 Å². The number of ether oxygens (including phenoxy) is 2. The summed E-state index contributed by atoms with van der Waals surface area (Å²) in [5.74, 6) is -0.676. The van der Waals surface area contributed by atoms with Crippen LogP contribution in [-0.4, -0.2) is 44.7 Å². The molecule has 15 heavy (non-hydrogen) atoms. The van der Waals surface area contributed by atoms with Gasteiger partial charge in [0.25, 0.3) is 0 Å². The molecule has 86 valence electrons. The predicted molar refractivity (Wildman–Crippen MR) is 55.0 cm³/mol. The minimum absolute atomic E-state index is 0.271. The summed E-state index contributed by atoms with van der Waals surface area (Å²) in [6.07, 6.45) is 1.66. The average molecular weight is 215 g/mol. The van der Waals surface area contributed by atoms with Gasteiger partial charge in [-0.2, -0.15) is 0 Å². The van der Waals surface area contributed by atoms with Crippen molar-refractivity contribution in [3.63, 3.8) is 0 Å². The maximum absolute atomic E-state index is 10.9. The molecule has 0 amide bonds. The van der Waals surface area contributed by atoms with E-state index < -0.39 is 5.97 Å². The van der Waals surface area contributed by atoms with E-state index in [0.29, 0.717) is 13.0 Å². The van der Waals surface area contributed by atoms with Crippen LogP contribution in [-0.2, 0) is 19.1 Å². The molecule has 0 atom stereocenters. The lowest BCUT2D eigenvalue weighted by Crippen LogP contribution is -2.21. The molecule has 0 fully saturated rings. The minimum atomic E-state index is -0.405. The molecule has 5 heteroatoms. The Kier molecular flexibility index (Phi) is 6.17. The zero-order valence-electron chi connectivity index (χ0n) is 9.57. The smallest absolute Gasteiger partial charge is 0.332 e. The first-order valence-electron chi connectivity index (χ1n) is 4.55. The number of carbonyl (C=O) groups is 2. The van der Waals surface area contributed by atoms with Gasteiger partial charge < -0.3 is 14.4 Å². The molecule has 0 N–H and O–H groups in total. The molecular formula is C10H17NO4. The number of nitrogens with zero attached hydrogens (tertiary/aromatic N) is 1. The fourth-order valence-corrected chi connectivity index (χ4v) is 0.877. The molecule has 0 aliphatic carbocycles. The zero-order valence-corrected chi connectivity index (χ0v) is 9.57. The first-order valence-corrected chi connectivity index (χ1v) is 4.55. The molecule has 0 radical (unpaired) electrons. The van der Waals surface area contributed by atoms with Crippen LogP contribution in [0.5, 0.6) is 0 Å². The maximum Gasteiger partial charge on any atom is 0.332 e. The SMILES string of the molecule is COC(=O)C=C(C)N(C)CCC(=O)OC. The standard InChI is InChI=1S/C10H17NO4/c1-8(7-10(13)15-4)11(2)6-5-9(12)14-3/h7H,5-6H2,1-4H3. The van der Waals surface area contributed by atoms with Gasteiger partial charge in [0.2, 0.25) is 0 Å². The van der Waals surface area contributed by atoms with Crippen molar-refractivity contribution in [2.45, 2.75) is 13.3 Å². The number of carbonyl (C=O) groups excluding carboxylic acids is 2. The third-order valence-corrected chi connectivity index (χ3v) is 2.01. The summed E-state index contributed by atoms with van der Waals surface area (Å²) < 4.78 is 8.99. The Morgan fingerprint density at radius 3 is 2.33 bits per heavy atom. The lowest BCUT2D eigenvalue weighted by Gasteiger charge is -2.18. The van der Waals surface area contributed by atoms with Crippen molar-refractivity contribution in [1.29, 1.82) is 0 Å². The van der Waals surface area contributed by atoms with Gasteiger partial charge in [0.1, 0.15) is 0 Å². The summed E-state index contributed by atoms with van der Waals surface area (Å²) >= 11 is 0. The van der Waals surface area contributed by atoms with Gasteiger partial charge in [0.05, 0.1) is 20.6 Å². The fourth-order valence-electron chi connectivity index (χ4n) is 0.877. The van der Waals surface area contributed by atoms with Crippen molar-refractivity contribution >= 4 is 11.9 Å². The lowest BCUT2D eigenvalue weighted by atomic mass is 10.3. The van der Waals surface area contributed by atoms with Gasteiger partial charge >= 0.3 is 11.9 Å². The van der Waals surface area contributed by atoms with Crippen molar-refractivity contribution in [2.24, 2.45) is 0 Å². The van der Waals surface area contributed by atoms with Crippen molar-refractivity contribution in [3.8, 4) is 0 Å². The lowest BCUT2D eigenvalue weighted by molar-refractivity contribution is -0.140. The van der Waals surface area contributed by atoms with Gasteiger partial charge in [-0.25, -0.2) is 4.79 Å². The molecule has 0 saturated carbocycles. The summed E-state index contributed by atoms with van der Waals surface area (Å²) in [5, 5.41) is 0. The zero-order chi connectivity index (χ0) is 11.8. The Balaban J connectivity index is 4.09. The highest BCUT2D eigenvalue weighted by Gasteiger charge is 2.05. The highest BCUT2D eigenvalue weighted by atomic mass is 16.5. The van der Waals surface area contributed by atoms with E-state index in [2.05, 4.69) is 9.47 Å². The van der Waals surface area contributed by atoms with Crippen LogP contribution < -0.4 is 0 Å². The molecular weight excluding hydrogens is 198 g/mol. The largest absolute Gasteiger partial charge is 0.469 e. The number of methoxy groups -OCH3 is 2. The summed E-state index contributed by atoms with van der Waals surface area (Å²) in [7, 11) is 4.46. The maximum atomic E-state index is 10.9. The van der Waals surface area contributed by atoms with E-state index in [-0.39, 0.29) is 5.97 Å². The molecule has 0 aromatic heterocycles. The second kappa shape index (κ2) is 6.86. The van der Waals surface area contributed by atoms with E-state index in [4.69, 9.17) is 0 Å². The van der Waals surface area contributed by atoms with E-state index in [9.17, 15) is 9.59 Å². The number of hydrogen-bond acceptors (Lipinski definition) is 5. The van der Waals surface area contributed by atoms with Crippen LogP contribution in [0.1, 0.15) is 13.3 Å². The van der Waals surface area contributed by atoms with Crippen LogP contribution in [0.15, 0.2) is 11.8 Å². The normalized spacial score (nSPS) is 10.8. The average Bonchev–Trinajstić information content (AvgIpc) is 2.24. The van der Waals surface area contributed by atoms with E-state index in [1.165, 1.54) is 20.3 Å². The van der Waals surface area contributed by atoms with Crippen LogP contribution >= 0.6 is 0 Å². The van der Waals surface area contributed by atoms with Gasteiger partial charge in [0, 0.05) is 25.4 Å². The van der Waals surface area contributed by atoms with Gasteiger partial charge in [-0.05, 0) is 6.92 Å². The van der Waals surface area contributed by atoms with Crippen molar-refractivity contribution in [1.82, 2.24) is 4.90 Å². The Bertz CT molecular complexity index is 260. The molecule has 0 aliphatic rings. The number of hydrogen-bond donors (Lipinski definition) is 0. The monoisotopic (exact) mass is 215 g/mol. The van der Waals surface area contributed by atoms with Crippen molar-refractivity contribution in [2.75, 3.05) is 27.8 Å². The van der Waals surface area contributed by atoms with Gasteiger partial charge in [-0.15, -0.1) is 0 Å². The first-order chi connectivity index (χ1) is 7.01. The molecule has 5 nitrogen and oxygen atoms in total. The van der Waals surface area contributed by atoms with Crippen LogP contribution in [0.25, 0.3) is 0 Å². The van der Waals surface area contributed by atoms with Crippen LogP contribution in [0.4, 0.5) is 0 Å². The molecule has 0 heterocycles. The molecule has 0 spiro atoms. The topological polar surface area (TPSA) is 55.8 Å². The Morgan fingerprint density at radius 2 is 1.87 bits per heavy atom. The predicted octanol–water partition coefficient (Wildman–Crippen LogP) is 0.558. The second-order valence-electron chi connectivity index (χ2n) is 3.06. The summed E-state index contributed by atoms with van der Waals surface area (Å²) in [6, 6.07) is 0. The van der Waals surface area contributed by atoms with Gasteiger partial charge in [-0.1, -0.05) is 0 Å². The summed E-state index contributed by atoms with van der Waals surface area (Å²) in [6.45, 7) is 2.28. The minimum Gasteiger partial charge on any atom is -0.469 e. The number of esters is 2. The third kappa shape index (κ3) is 5.72. The highest BCUT2D eigenvalue weighted by Crippen LogP contribution is 2.01. The molecule has 0 unspecified atom stereocenters. The number of rotatable bonds is 5. The molecule has 0 saturated heterocycles. The molecule has 0 aromatic carbocycles. The summed E-state index contributed by atoms with van der Waals surface area (Å²) in [5.41, 5.74) is 0.741. The summed E-state index contributed by atoms with van der Waals surface area (Å²) in [4.78, 5) is 23.5. The molecule has 0 rings (SSSR count). The Morgan fingerprint density at radius 1 is 1.27 bits per heavy atom. The third-order valence-electron chi connectivity index (χ3n) is 2.01. The highest BCUT2D eigenvalue weighted by molar-refractivity contribution is 5.82.